The van der Waals surface area contributed by atoms with Gasteiger partial charge in [-0.2, -0.15) is 0 Å². The molecule has 0 aromatic heterocycles. The van der Waals surface area contributed by atoms with E-state index in [2.05, 4.69) is 5.32 Å². The smallest absolute Gasteiger partial charge is 0.240 e. The number of amides is 2. The van der Waals surface area contributed by atoms with Gasteiger partial charge in [0.2, 0.25) is 11.8 Å². The predicted octanol–water partition coefficient (Wildman–Crippen LogP) is 0.904. The van der Waals surface area contributed by atoms with Crippen molar-refractivity contribution in [1.82, 2.24) is 15.1 Å². The van der Waals surface area contributed by atoms with Gasteiger partial charge in [-0.05, 0) is 5.56 Å². The molecule has 1 aliphatic rings. The Hall–Kier alpha value is -1.63. The normalized spacial score (nSPS) is 17.3. The summed E-state index contributed by atoms with van der Waals surface area (Å²) in [6.07, 6.45) is 0.186. The Kier molecular flexibility index (Phi) is 8.74. The van der Waals surface area contributed by atoms with Gasteiger partial charge in [-0.15, -0.1) is 12.4 Å². The van der Waals surface area contributed by atoms with Crippen molar-refractivity contribution in [3.05, 3.63) is 35.9 Å². The Morgan fingerprint density at radius 2 is 2.08 bits per heavy atom. The summed E-state index contributed by atoms with van der Waals surface area (Å²) in [7, 11) is 3.39. The Morgan fingerprint density at radius 3 is 2.75 bits per heavy atom. The van der Waals surface area contributed by atoms with Crippen molar-refractivity contribution in [2.45, 2.75) is 19.0 Å². The Labute approximate surface area is 149 Å². The number of methoxy groups -OCH3 is 1. The SMILES string of the molecule is COCCN1CCNC(CC(=O)N(C)Cc2ccccc2)C1=O.Cl. The van der Waals surface area contributed by atoms with Gasteiger partial charge in [0, 0.05) is 40.3 Å². The fraction of sp³-hybridized carbons (Fsp3) is 0.529. The number of benzene rings is 1. The van der Waals surface area contributed by atoms with E-state index < -0.39 is 6.04 Å². The molecule has 1 N–H and O–H groups in total. The third-order valence-corrected chi connectivity index (χ3v) is 4.01. The lowest BCUT2D eigenvalue weighted by atomic mass is 10.1. The molecule has 24 heavy (non-hydrogen) atoms. The van der Waals surface area contributed by atoms with Crippen molar-refractivity contribution in [3.63, 3.8) is 0 Å². The van der Waals surface area contributed by atoms with Crippen molar-refractivity contribution in [1.29, 1.82) is 0 Å². The topological polar surface area (TPSA) is 61.9 Å². The van der Waals surface area contributed by atoms with Gasteiger partial charge in [0.1, 0.15) is 0 Å². The van der Waals surface area contributed by atoms with Crippen LogP contribution in [0.3, 0.4) is 0 Å². The number of hydrogen-bond donors (Lipinski definition) is 1. The predicted molar refractivity (Wildman–Crippen MR) is 95.0 cm³/mol. The van der Waals surface area contributed by atoms with Crippen molar-refractivity contribution in [2.75, 3.05) is 40.4 Å². The van der Waals surface area contributed by atoms with Crippen molar-refractivity contribution in [2.24, 2.45) is 0 Å². The summed E-state index contributed by atoms with van der Waals surface area (Å²) in [4.78, 5) is 28.2. The van der Waals surface area contributed by atoms with Crippen LogP contribution >= 0.6 is 12.4 Å². The summed E-state index contributed by atoms with van der Waals surface area (Å²) in [5.41, 5.74) is 1.08. The zero-order valence-electron chi connectivity index (χ0n) is 14.2. The molecule has 7 heteroatoms. The van der Waals surface area contributed by atoms with E-state index in [4.69, 9.17) is 4.74 Å². The average Bonchev–Trinajstić information content (AvgIpc) is 2.56. The number of carbonyl (C=O) groups excluding carboxylic acids is 2. The number of rotatable bonds is 7. The zero-order valence-corrected chi connectivity index (χ0v) is 15.1. The van der Waals surface area contributed by atoms with E-state index in [0.717, 1.165) is 5.56 Å². The molecule has 134 valence electrons. The molecule has 2 amide bonds. The van der Waals surface area contributed by atoms with Gasteiger partial charge in [-0.1, -0.05) is 30.3 Å². The quantitative estimate of drug-likeness (QED) is 0.789. The van der Waals surface area contributed by atoms with Crippen molar-refractivity contribution >= 4 is 24.2 Å². The molecule has 0 aliphatic carbocycles. The second kappa shape index (κ2) is 10.3. The molecular formula is C17H26ClN3O3. The van der Waals surface area contributed by atoms with Gasteiger partial charge < -0.3 is 19.9 Å². The van der Waals surface area contributed by atoms with Gasteiger partial charge >= 0.3 is 0 Å². The molecular weight excluding hydrogens is 330 g/mol. The molecule has 1 aromatic rings. The Bertz CT molecular complexity index is 527. The van der Waals surface area contributed by atoms with E-state index in [9.17, 15) is 9.59 Å². The first-order valence-corrected chi connectivity index (χ1v) is 7.91. The van der Waals surface area contributed by atoms with Crippen LogP contribution in [0.1, 0.15) is 12.0 Å². The van der Waals surface area contributed by atoms with Crippen LogP contribution in [0, 0.1) is 0 Å². The molecule has 6 nitrogen and oxygen atoms in total. The fourth-order valence-corrected chi connectivity index (χ4v) is 2.65. The van der Waals surface area contributed by atoms with Gasteiger partial charge in [0.05, 0.1) is 19.1 Å². The van der Waals surface area contributed by atoms with E-state index in [1.807, 2.05) is 30.3 Å². The third kappa shape index (κ3) is 5.78. The molecule has 0 radical (unpaired) electrons. The minimum atomic E-state index is -0.439. The first kappa shape index (κ1) is 20.4. The number of nitrogens with one attached hydrogen (secondary N) is 1. The highest BCUT2D eigenvalue weighted by atomic mass is 35.5. The average molecular weight is 356 g/mol. The molecule has 1 fully saturated rings. The van der Waals surface area contributed by atoms with E-state index in [1.165, 1.54) is 0 Å². The highest BCUT2D eigenvalue weighted by Gasteiger charge is 2.30. The standard InChI is InChI=1S/C17H25N3O3.ClH/c1-19(13-14-6-4-3-5-7-14)16(21)12-15-17(22)20(9-8-18-15)10-11-23-2;/h3-7,15,18H,8-13H2,1-2H3;1H. The molecule has 0 saturated carbocycles. The van der Waals surface area contributed by atoms with Crippen LogP contribution < -0.4 is 5.32 Å². The summed E-state index contributed by atoms with van der Waals surface area (Å²) in [6, 6.07) is 9.39. The van der Waals surface area contributed by atoms with Crippen LogP contribution in [-0.4, -0.2) is 68.1 Å². The fourth-order valence-electron chi connectivity index (χ4n) is 2.65. The molecule has 2 rings (SSSR count). The molecule has 1 aromatic carbocycles. The number of halogens is 1. The van der Waals surface area contributed by atoms with Crippen molar-refractivity contribution in [3.8, 4) is 0 Å². The summed E-state index contributed by atoms with van der Waals surface area (Å²) < 4.78 is 5.02. The lowest BCUT2D eigenvalue weighted by molar-refractivity contribution is -0.141. The maximum absolute atomic E-state index is 12.4. The molecule has 1 heterocycles. The van der Waals surface area contributed by atoms with E-state index in [-0.39, 0.29) is 30.6 Å². The summed E-state index contributed by atoms with van der Waals surface area (Å²) in [5, 5.41) is 3.15. The summed E-state index contributed by atoms with van der Waals surface area (Å²) >= 11 is 0. The summed E-state index contributed by atoms with van der Waals surface area (Å²) in [5.74, 6) is -0.0527. The number of carbonyl (C=O) groups is 2. The van der Waals surface area contributed by atoms with Gasteiger partial charge in [-0.3, -0.25) is 9.59 Å². The van der Waals surface area contributed by atoms with Crippen LogP contribution in [0.25, 0.3) is 0 Å². The molecule has 1 aliphatic heterocycles. The first-order chi connectivity index (χ1) is 11.1. The maximum atomic E-state index is 12.4. The first-order valence-electron chi connectivity index (χ1n) is 7.91. The van der Waals surface area contributed by atoms with E-state index in [0.29, 0.717) is 32.8 Å². The lowest BCUT2D eigenvalue weighted by Crippen LogP contribution is -2.56. The lowest BCUT2D eigenvalue weighted by Gasteiger charge is -2.33. The second-order valence-electron chi connectivity index (χ2n) is 5.76. The van der Waals surface area contributed by atoms with Crippen LogP contribution in [0.2, 0.25) is 0 Å². The van der Waals surface area contributed by atoms with Crippen molar-refractivity contribution < 1.29 is 14.3 Å². The molecule has 1 saturated heterocycles. The van der Waals surface area contributed by atoms with Crippen LogP contribution in [-0.2, 0) is 20.9 Å². The van der Waals surface area contributed by atoms with Gasteiger partial charge in [0.25, 0.3) is 0 Å². The number of piperazine rings is 1. The number of ether oxygens (including phenoxy) is 1. The van der Waals surface area contributed by atoms with E-state index >= 15 is 0 Å². The minimum Gasteiger partial charge on any atom is -0.383 e. The Morgan fingerprint density at radius 1 is 1.38 bits per heavy atom. The third-order valence-electron chi connectivity index (χ3n) is 4.01. The van der Waals surface area contributed by atoms with Crippen LogP contribution in [0.4, 0.5) is 0 Å². The number of nitrogens with zero attached hydrogens (tertiary/aromatic N) is 2. The minimum absolute atomic E-state index is 0. The monoisotopic (exact) mass is 355 g/mol. The largest absolute Gasteiger partial charge is 0.383 e. The van der Waals surface area contributed by atoms with Gasteiger partial charge in [-0.25, -0.2) is 0 Å². The summed E-state index contributed by atoms with van der Waals surface area (Å²) in [6.45, 7) is 3.00. The second-order valence-corrected chi connectivity index (χ2v) is 5.76. The molecule has 0 bridgehead atoms. The highest BCUT2D eigenvalue weighted by Crippen LogP contribution is 2.09. The van der Waals surface area contributed by atoms with E-state index in [1.54, 1.807) is 24.0 Å². The molecule has 0 spiro atoms. The molecule has 1 atom stereocenters. The highest BCUT2D eigenvalue weighted by molar-refractivity contribution is 5.88. The molecule has 1 unspecified atom stereocenters. The van der Waals surface area contributed by atoms with Crippen LogP contribution in [0.5, 0.6) is 0 Å². The van der Waals surface area contributed by atoms with Gasteiger partial charge in [0.15, 0.2) is 0 Å². The maximum Gasteiger partial charge on any atom is 0.240 e. The zero-order chi connectivity index (χ0) is 16.7. The Balaban J connectivity index is 0.00000288. The number of hydrogen-bond acceptors (Lipinski definition) is 4. The van der Waals surface area contributed by atoms with Crippen LogP contribution in [0.15, 0.2) is 30.3 Å².